The fourth-order valence-electron chi connectivity index (χ4n) is 2.07. The third-order valence-corrected chi connectivity index (χ3v) is 3.07. The van der Waals surface area contributed by atoms with E-state index in [1.54, 1.807) is 13.3 Å². The summed E-state index contributed by atoms with van der Waals surface area (Å²) in [5.74, 6) is 0.140. The Balaban J connectivity index is 2.00. The molecule has 4 heteroatoms. The van der Waals surface area contributed by atoms with E-state index < -0.39 is 0 Å². The number of carbonyl (C=O) groups is 1. The first-order valence-electron chi connectivity index (χ1n) is 6.16. The van der Waals surface area contributed by atoms with Crippen molar-refractivity contribution in [3.8, 4) is 0 Å². The number of allylic oxidation sites excluding steroid dienone is 2. The minimum atomic E-state index is -0.177. The molecule has 1 unspecified atom stereocenters. The summed E-state index contributed by atoms with van der Waals surface area (Å²) in [6, 6.07) is 5.49. The zero-order chi connectivity index (χ0) is 12.8. The van der Waals surface area contributed by atoms with E-state index in [1.807, 2.05) is 18.2 Å². The molecule has 0 saturated carbocycles. The molecule has 1 atom stereocenters. The molecule has 1 aromatic heterocycles. The van der Waals surface area contributed by atoms with Crippen LogP contribution in [0.25, 0.3) is 0 Å². The van der Waals surface area contributed by atoms with Gasteiger partial charge in [-0.05, 0) is 25.0 Å². The molecule has 1 N–H and O–H groups in total. The minimum absolute atomic E-state index is 0.0630. The Labute approximate surface area is 107 Å². The Morgan fingerprint density at radius 2 is 2.28 bits per heavy atom. The third-order valence-electron chi connectivity index (χ3n) is 3.07. The van der Waals surface area contributed by atoms with Gasteiger partial charge < -0.3 is 10.1 Å². The van der Waals surface area contributed by atoms with Gasteiger partial charge in [-0.3, -0.25) is 9.78 Å². The molecule has 2 rings (SSSR count). The van der Waals surface area contributed by atoms with Crippen molar-refractivity contribution < 1.29 is 9.53 Å². The molecule has 1 aliphatic rings. The highest BCUT2D eigenvalue weighted by Gasteiger charge is 2.23. The summed E-state index contributed by atoms with van der Waals surface area (Å²) in [7, 11) is 1.62. The van der Waals surface area contributed by atoms with Gasteiger partial charge in [-0.25, -0.2) is 0 Å². The van der Waals surface area contributed by atoms with Crippen molar-refractivity contribution in [3.05, 3.63) is 42.2 Å². The second kappa shape index (κ2) is 6.31. The van der Waals surface area contributed by atoms with E-state index >= 15 is 0 Å². The van der Waals surface area contributed by atoms with E-state index in [0.29, 0.717) is 6.61 Å². The van der Waals surface area contributed by atoms with Gasteiger partial charge in [0, 0.05) is 19.2 Å². The van der Waals surface area contributed by atoms with Crippen LogP contribution in [0.3, 0.4) is 0 Å². The second-order valence-corrected chi connectivity index (χ2v) is 4.41. The molecule has 1 amide bonds. The smallest absolute Gasteiger partial charge is 0.224 e. The Hall–Kier alpha value is -1.68. The van der Waals surface area contributed by atoms with E-state index in [1.165, 1.54) is 0 Å². The Morgan fingerprint density at radius 1 is 1.50 bits per heavy atom. The number of ether oxygens (including phenoxy) is 1. The highest BCUT2D eigenvalue weighted by atomic mass is 16.5. The van der Waals surface area contributed by atoms with Gasteiger partial charge in [0.15, 0.2) is 0 Å². The lowest BCUT2D eigenvalue weighted by Gasteiger charge is -2.19. The average molecular weight is 246 g/mol. The van der Waals surface area contributed by atoms with E-state index in [0.717, 1.165) is 18.5 Å². The predicted molar refractivity (Wildman–Crippen MR) is 68.9 cm³/mol. The van der Waals surface area contributed by atoms with Crippen LogP contribution in [0.1, 0.15) is 24.6 Å². The van der Waals surface area contributed by atoms with Crippen LogP contribution >= 0.6 is 0 Å². The van der Waals surface area contributed by atoms with Crippen LogP contribution in [0.15, 0.2) is 36.5 Å². The van der Waals surface area contributed by atoms with E-state index in [4.69, 9.17) is 4.74 Å². The molecule has 0 saturated heterocycles. The van der Waals surface area contributed by atoms with Gasteiger partial charge in [-0.15, -0.1) is 0 Å². The Morgan fingerprint density at radius 3 is 2.89 bits per heavy atom. The maximum atomic E-state index is 12.1. The maximum absolute atomic E-state index is 12.1. The first-order valence-corrected chi connectivity index (χ1v) is 6.16. The number of hydrogen-bond acceptors (Lipinski definition) is 3. The number of pyridine rings is 1. The molecule has 1 aromatic rings. The lowest BCUT2D eigenvalue weighted by Crippen LogP contribution is -2.35. The predicted octanol–water partition coefficient (Wildman–Crippen LogP) is 1.85. The van der Waals surface area contributed by atoms with Crippen molar-refractivity contribution in [2.45, 2.75) is 18.9 Å². The van der Waals surface area contributed by atoms with Gasteiger partial charge in [0.25, 0.3) is 0 Å². The van der Waals surface area contributed by atoms with Crippen molar-refractivity contribution in [2.75, 3.05) is 13.7 Å². The molecule has 0 bridgehead atoms. The van der Waals surface area contributed by atoms with Crippen LogP contribution in [-0.2, 0) is 9.53 Å². The molecule has 0 spiro atoms. The molecular formula is C14H18N2O2. The Kier molecular flexibility index (Phi) is 4.47. The summed E-state index contributed by atoms with van der Waals surface area (Å²) in [5.41, 5.74) is 0.832. The van der Waals surface area contributed by atoms with E-state index in [2.05, 4.69) is 22.5 Å². The Bertz CT molecular complexity index is 409. The molecule has 18 heavy (non-hydrogen) atoms. The summed E-state index contributed by atoms with van der Waals surface area (Å²) in [4.78, 5) is 16.3. The van der Waals surface area contributed by atoms with E-state index in [9.17, 15) is 4.79 Å². The third kappa shape index (κ3) is 3.17. The summed E-state index contributed by atoms with van der Waals surface area (Å²) in [5, 5.41) is 3.01. The van der Waals surface area contributed by atoms with Crippen LogP contribution in [0.5, 0.6) is 0 Å². The molecule has 0 aliphatic heterocycles. The minimum Gasteiger partial charge on any atom is -0.382 e. The lowest BCUT2D eigenvalue weighted by molar-refractivity contribution is -0.125. The second-order valence-electron chi connectivity index (χ2n) is 4.41. The summed E-state index contributed by atoms with van der Waals surface area (Å²) in [6.45, 7) is 0.433. The molecule has 4 nitrogen and oxygen atoms in total. The SMILES string of the molecule is COCC(NC(=O)C1CC=CC1)c1ccccn1. The van der Waals surface area contributed by atoms with Crippen LogP contribution in [0.2, 0.25) is 0 Å². The lowest BCUT2D eigenvalue weighted by atomic mass is 10.1. The quantitative estimate of drug-likeness (QED) is 0.807. The van der Waals surface area contributed by atoms with Crippen LogP contribution in [0.4, 0.5) is 0 Å². The van der Waals surface area contributed by atoms with Gasteiger partial charge in [0.1, 0.15) is 0 Å². The number of rotatable bonds is 5. The van der Waals surface area contributed by atoms with Crippen LogP contribution in [-0.4, -0.2) is 24.6 Å². The largest absolute Gasteiger partial charge is 0.382 e. The number of nitrogens with one attached hydrogen (secondary N) is 1. The normalized spacial score (nSPS) is 16.7. The number of nitrogens with zero attached hydrogens (tertiary/aromatic N) is 1. The first-order chi connectivity index (χ1) is 8.81. The fraction of sp³-hybridized carbons (Fsp3) is 0.429. The number of hydrogen-bond donors (Lipinski definition) is 1. The van der Waals surface area contributed by atoms with Crippen molar-refractivity contribution in [2.24, 2.45) is 5.92 Å². The van der Waals surface area contributed by atoms with Gasteiger partial charge in [0.05, 0.1) is 18.3 Å². The molecule has 0 radical (unpaired) electrons. The monoisotopic (exact) mass is 246 g/mol. The standard InChI is InChI=1S/C14H18N2O2/c1-18-10-13(12-8-4-5-9-15-12)16-14(17)11-6-2-3-7-11/h2-5,8-9,11,13H,6-7,10H2,1H3,(H,16,17). The van der Waals surface area contributed by atoms with Crippen molar-refractivity contribution in [1.82, 2.24) is 10.3 Å². The fourth-order valence-corrected chi connectivity index (χ4v) is 2.07. The number of amides is 1. The number of carbonyl (C=O) groups excluding carboxylic acids is 1. The van der Waals surface area contributed by atoms with Crippen LogP contribution < -0.4 is 5.32 Å². The summed E-state index contributed by atoms with van der Waals surface area (Å²) < 4.78 is 5.15. The van der Waals surface area contributed by atoms with Crippen molar-refractivity contribution >= 4 is 5.91 Å². The van der Waals surface area contributed by atoms with E-state index in [-0.39, 0.29) is 17.9 Å². The van der Waals surface area contributed by atoms with Gasteiger partial charge in [-0.2, -0.15) is 0 Å². The maximum Gasteiger partial charge on any atom is 0.224 e. The molecule has 1 heterocycles. The average Bonchev–Trinajstić information content (AvgIpc) is 2.93. The highest BCUT2D eigenvalue weighted by molar-refractivity contribution is 5.79. The molecule has 0 aromatic carbocycles. The summed E-state index contributed by atoms with van der Waals surface area (Å²) in [6.07, 6.45) is 7.48. The molecule has 1 aliphatic carbocycles. The van der Waals surface area contributed by atoms with Gasteiger partial charge >= 0.3 is 0 Å². The number of methoxy groups -OCH3 is 1. The molecule has 0 fully saturated rings. The summed E-state index contributed by atoms with van der Waals surface area (Å²) >= 11 is 0. The first kappa shape index (κ1) is 12.8. The van der Waals surface area contributed by atoms with Crippen molar-refractivity contribution in [3.63, 3.8) is 0 Å². The zero-order valence-corrected chi connectivity index (χ0v) is 10.5. The molecule has 96 valence electrons. The number of aromatic nitrogens is 1. The molecular weight excluding hydrogens is 228 g/mol. The topological polar surface area (TPSA) is 51.2 Å². The van der Waals surface area contributed by atoms with Crippen LogP contribution in [0, 0.1) is 5.92 Å². The van der Waals surface area contributed by atoms with Gasteiger partial charge in [0.2, 0.25) is 5.91 Å². The van der Waals surface area contributed by atoms with Gasteiger partial charge in [-0.1, -0.05) is 18.2 Å². The van der Waals surface area contributed by atoms with Crippen molar-refractivity contribution in [1.29, 1.82) is 0 Å². The highest BCUT2D eigenvalue weighted by Crippen LogP contribution is 2.19. The zero-order valence-electron chi connectivity index (χ0n) is 10.5.